The van der Waals surface area contributed by atoms with Gasteiger partial charge >= 0.3 is 11.9 Å². The van der Waals surface area contributed by atoms with Crippen LogP contribution in [0.1, 0.15) is 20.7 Å². The summed E-state index contributed by atoms with van der Waals surface area (Å²) in [7, 11) is 1.17. The van der Waals surface area contributed by atoms with Crippen LogP contribution in [0.5, 0.6) is 0 Å². The summed E-state index contributed by atoms with van der Waals surface area (Å²) in [5.41, 5.74) is -0.271. The normalized spacial score (nSPS) is 9.42. The highest BCUT2D eigenvalue weighted by Gasteiger charge is 2.18. The maximum atomic E-state index is 10.9. The Kier molecular flexibility index (Phi) is 2.14. The molecule has 5 heteroatoms. The van der Waals surface area contributed by atoms with Gasteiger partial charge in [0.25, 0.3) is 0 Å². The number of carbonyl (C=O) groups excluding carboxylic acids is 1. The molecule has 0 saturated carbocycles. The minimum Gasteiger partial charge on any atom is -0.478 e. The predicted molar refractivity (Wildman–Crippen MR) is 37.0 cm³/mol. The van der Waals surface area contributed by atoms with Crippen LogP contribution in [-0.4, -0.2) is 24.2 Å². The first-order valence-electron chi connectivity index (χ1n) is 3.04. The highest BCUT2D eigenvalue weighted by Crippen LogP contribution is 2.11. The number of carbonyl (C=O) groups is 2. The molecule has 0 saturated heterocycles. The molecule has 0 amide bonds. The lowest BCUT2D eigenvalue weighted by atomic mass is 10.2. The Balaban J connectivity index is 3.07. The maximum absolute atomic E-state index is 10.9. The fourth-order valence-corrected chi connectivity index (χ4v) is 0.731. The summed E-state index contributed by atoms with van der Waals surface area (Å²) in [5.74, 6) is -1.94. The van der Waals surface area contributed by atoms with Crippen LogP contribution in [0.3, 0.4) is 0 Å². The molecule has 0 bridgehead atoms. The van der Waals surface area contributed by atoms with E-state index < -0.39 is 11.9 Å². The lowest BCUT2D eigenvalue weighted by Gasteiger charge is -1.94. The summed E-state index contributed by atoms with van der Waals surface area (Å²) in [6.07, 6.45) is 2.02. The summed E-state index contributed by atoms with van der Waals surface area (Å²) in [6, 6.07) is 0. The number of methoxy groups -OCH3 is 1. The van der Waals surface area contributed by atoms with Gasteiger partial charge < -0.3 is 14.3 Å². The van der Waals surface area contributed by atoms with E-state index in [1.54, 1.807) is 0 Å². The van der Waals surface area contributed by atoms with Crippen molar-refractivity contribution in [3.8, 4) is 0 Å². The minimum atomic E-state index is -1.22. The Morgan fingerprint density at radius 2 is 2.00 bits per heavy atom. The second kappa shape index (κ2) is 3.08. The van der Waals surface area contributed by atoms with Crippen molar-refractivity contribution in [2.75, 3.05) is 7.11 Å². The molecule has 5 nitrogen and oxygen atoms in total. The number of carboxylic acid groups (broad SMARTS) is 1. The van der Waals surface area contributed by atoms with Gasteiger partial charge in [0.05, 0.1) is 7.11 Å². The van der Waals surface area contributed by atoms with E-state index in [1.165, 1.54) is 7.11 Å². The molecule has 0 spiro atoms. The van der Waals surface area contributed by atoms with Crippen LogP contribution in [0.25, 0.3) is 0 Å². The van der Waals surface area contributed by atoms with Crippen molar-refractivity contribution in [3.63, 3.8) is 0 Å². The Morgan fingerprint density at radius 1 is 1.42 bits per heavy atom. The molecule has 0 radical (unpaired) electrons. The van der Waals surface area contributed by atoms with Crippen molar-refractivity contribution in [3.05, 3.63) is 23.7 Å². The number of hydrogen-bond donors (Lipinski definition) is 1. The van der Waals surface area contributed by atoms with E-state index in [1.807, 2.05) is 0 Å². The average Bonchev–Trinajstić information content (AvgIpc) is 2.50. The van der Waals surface area contributed by atoms with E-state index in [9.17, 15) is 9.59 Å². The first kappa shape index (κ1) is 8.32. The van der Waals surface area contributed by atoms with Gasteiger partial charge in [-0.25, -0.2) is 9.59 Å². The molecule has 0 atom stereocenters. The standard InChI is InChI=1S/C7H6O5/c1-11-7(10)5-3-12-2-4(5)6(8)9/h2-3H,1H3,(H,8,9). The maximum Gasteiger partial charge on any atom is 0.342 e. The predicted octanol–water partition coefficient (Wildman–Crippen LogP) is 0.764. The van der Waals surface area contributed by atoms with Crippen molar-refractivity contribution < 1.29 is 23.8 Å². The average molecular weight is 170 g/mol. The molecule has 64 valence electrons. The van der Waals surface area contributed by atoms with Crippen LogP contribution in [-0.2, 0) is 4.74 Å². The molecule has 1 rings (SSSR count). The zero-order valence-electron chi connectivity index (χ0n) is 6.23. The summed E-state index contributed by atoms with van der Waals surface area (Å²) in [5, 5.41) is 8.53. The third kappa shape index (κ3) is 1.29. The van der Waals surface area contributed by atoms with Crippen molar-refractivity contribution in [2.45, 2.75) is 0 Å². The second-order valence-corrected chi connectivity index (χ2v) is 2.00. The number of carboxylic acids is 1. The van der Waals surface area contributed by atoms with E-state index in [2.05, 4.69) is 9.15 Å². The van der Waals surface area contributed by atoms with Crippen molar-refractivity contribution in [1.29, 1.82) is 0 Å². The second-order valence-electron chi connectivity index (χ2n) is 2.00. The van der Waals surface area contributed by atoms with Gasteiger partial charge in [-0.05, 0) is 0 Å². The van der Waals surface area contributed by atoms with Crippen molar-refractivity contribution in [1.82, 2.24) is 0 Å². The zero-order valence-corrected chi connectivity index (χ0v) is 6.23. The third-order valence-corrected chi connectivity index (χ3v) is 1.30. The molecular weight excluding hydrogens is 164 g/mol. The lowest BCUT2D eigenvalue weighted by Crippen LogP contribution is -2.06. The van der Waals surface area contributed by atoms with Crippen LogP contribution in [0.2, 0.25) is 0 Å². The van der Waals surface area contributed by atoms with Gasteiger partial charge in [0.15, 0.2) is 0 Å². The molecule has 0 aromatic carbocycles. The van der Waals surface area contributed by atoms with Gasteiger partial charge in [-0.15, -0.1) is 0 Å². The summed E-state index contributed by atoms with van der Waals surface area (Å²) in [6.45, 7) is 0. The molecule has 12 heavy (non-hydrogen) atoms. The molecular formula is C7H6O5. The first-order chi connectivity index (χ1) is 5.66. The highest BCUT2D eigenvalue weighted by molar-refractivity contribution is 6.01. The molecule has 1 N–H and O–H groups in total. The SMILES string of the molecule is COC(=O)c1cocc1C(=O)O. The number of rotatable bonds is 2. The Labute approximate surface area is 67.6 Å². The van der Waals surface area contributed by atoms with Crippen LogP contribution < -0.4 is 0 Å². The third-order valence-electron chi connectivity index (χ3n) is 1.30. The molecule has 1 aromatic rings. The minimum absolute atomic E-state index is 0.0787. The monoisotopic (exact) mass is 170 g/mol. The number of ether oxygens (including phenoxy) is 1. The lowest BCUT2D eigenvalue weighted by molar-refractivity contribution is 0.0583. The van der Waals surface area contributed by atoms with Gasteiger partial charge in [0, 0.05) is 0 Å². The van der Waals surface area contributed by atoms with Crippen molar-refractivity contribution >= 4 is 11.9 Å². The number of esters is 1. The molecule has 0 aliphatic rings. The van der Waals surface area contributed by atoms with Crippen molar-refractivity contribution in [2.24, 2.45) is 0 Å². The zero-order chi connectivity index (χ0) is 9.14. The van der Waals surface area contributed by atoms with Crippen LogP contribution in [0.4, 0.5) is 0 Å². The highest BCUT2D eigenvalue weighted by atomic mass is 16.5. The van der Waals surface area contributed by atoms with Gasteiger partial charge in [-0.2, -0.15) is 0 Å². The summed E-state index contributed by atoms with van der Waals surface area (Å²) in [4.78, 5) is 21.3. The molecule has 0 unspecified atom stereocenters. The molecule has 0 aliphatic heterocycles. The summed E-state index contributed by atoms with van der Waals surface area (Å²) < 4.78 is 8.87. The smallest absolute Gasteiger partial charge is 0.342 e. The van der Waals surface area contributed by atoms with E-state index >= 15 is 0 Å². The molecule has 0 aliphatic carbocycles. The topological polar surface area (TPSA) is 76.7 Å². The van der Waals surface area contributed by atoms with Gasteiger partial charge in [-0.1, -0.05) is 0 Å². The fraction of sp³-hybridized carbons (Fsp3) is 0.143. The Morgan fingerprint density at radius 3 is 2.50 bits per heavy atom. The number of hydrogen-bond acceptors (Lipinski definition) is 4. The van der Waals surface area contributed by atoms with E-state index in [0.717, 1.165) is 12.5 Å². The van der Waals surface area contributed by atoms with Crippen LogP contribution in [0, 0.1) is 0 Å². The molecule has 1 aromatic heterocycles. The van der Waals surface area contributed by atoms with Gasteiger partial charge in [0.2, 0.25) is 0 Å². The van der Waals surface area contributed by atoms with Crippen LogP contribution in [0.15, 0.2) is 16.9 Å². The number of aromatic carboxylic acids is 1. The van der Waals surface area contributed by atoms with Crippen LogP contribution >= 0.6 is 0 Å². The Hall–Kier alpha value is -1.78. The van der Waals surface area contributed by atoms with Gasteiger partial charge in [-0.3, -0.25) is 0 Å². The molecule has 0 fully saturated rings. The first-order valence-corrected chi connectivity index (χ1v) is 3.04. The molecule has 1 heterocycles. The number of furan rings is 1. The van der Waals surface area contributed by atoms with Gasteiger partial charge in [0.1, 0.15) is 23.7 Å². The van der Waals surface area contributed by atoms with E-state index in [0.29, 0.717) is 0 Å². The van der Waals surface area contributed by atoms with E-state index in [4.69, 9.17) is 5.11 Å². The largest absolute Gasteiger partial charge is 0.478 e. The van der Waals surface area contributed by atoms with E-state index in [-0.39, 0.29) is 11.1 Å². The summed E-state index contributed by atoms with van der Waals surface area (Å²) >= 11 is 0. The Bertz CT molecular complexity index is 311. The fourth-order valence-electron chi connectivity index (χ4n) is 0.731. The quantitative estimate of drug-likeness (QED) is 0.663.